The number of nitrogens with one attached hydrogen (secondary N) is 2. The van der Waals surface area contributed by atoms with E-state index < -0.39 is 17.7 Å². The van der Waals surface area contributed by atoms with Gasteiger partial charge in [0, 0.05) is 6.54 Å². The summed E-state index contributed by atoms with van der Waals surface area (Å²) in [4.78, 5) is 22.6. The second-order valence-electron chi connectivity index (χ2n) is 4.38. The molecule has 0 aliphatic rings. The molecule has 0 aromatic rings. The van der Waals surface area contributed by atoms with Gasteiger partial charge in [-0.05, 0) is 27.7 Å². The number of aliphatic hydroxyl groups excluding tert-OH is 1. The molecule has 0 spiro atoms. The summed E-state index contributed by atoms with van der Waals surface area (Å²) in [7, 11) is 0. The first-order valence-electron chi connectivity index (χ1n) is 5.14. The van der Waals surface area contributed by atoms with Crippen LogP contribution < -0.4 is 10.6 Å². The van der Waals surface area contributed by atoms with E-state index in [-0.39, 0.29) is 19.1 Å². The fourth-order valence-corrected chi connectivity index (χ4v) is 0.882. The topological polar surface area (TPSA) is 87.7 Å². The van der Waals surface area contributed by atoms with Crippen LogP contribution in [0, 0.1) is 0 Å². The van der Waals surface area contributed by atoms with Crippen LogP contribution in [0.1, 0.15) is 27.7 Å². The Labute approximate surface area is 95.4 Å². The summed E-state index contributed by atoms with van der Waals surface area (Å²) in [5, 5.41) is 13.3. The van der Waals surface area contributed by atoms with E-state index in [1.165, 1.54) is 6.92 Å². The van der Waals surface area contributed by atoms with Gasteiger partial charge in [-0.1, -0.05) is 0 Å². The molecule has 0 heterocycles. The van der Waals surface area contributed by atoms with Gasteiger partial charge in [-0.25, -0.2) is 4.79 Å². The van der Waals surface area contributed by atoms with Crippen molar-refractivity contribution in [3.63, 3.8) is 0 Å². The maximum absolute atomic E-state index is 11.3. The molecule has 0 fully saturated rings. The smallest absolute Gasteiger partial charge is 0.408 e. The van der Waals surface area contributed by atoms with Gasteiger partial charge in [0.2, 0.25) is 5.91 Å². The second-order valence-corrected chi connectivity index (χ2v) is 4.38. The van der Waals surface area contributed by atoms with Crippen molar-refractivity contribution in [1.29, 1.82) is 0 Å². The molecule has 1 atom stereocenters. The third-order valence-corrected chi connectivity index (χ3v) is 1.54. The van der Waals surface area contributed by atoms with Gasteiger partial charge in [0.05, 0.1) is 6.61 Å². The highest BCUT2D eigenvalue weighted by Gasteiger charge is 2.20. The van der Waals surface area contributed by atoms with Crippen molar-refractivity contribution >= 4 is 12.0 Å². The molecule has 16 heavy (non-hydrogen) atoms. The zero-order valence-electron chi connectivity index (χ0n) is 10.2. The zero-order chi connectivity index (χ0) is 12.8. The Balaban J connectivity index is 3.99. The summed E-state index contributed by atoms with van der Waals surface area (Å²) in [6.07, 6.45) is -0.640. The van der Waals surface area contributed by atoms with E-state index in [9.17, 15) is 9.59 Å². The number of hydrogen-bond acceptors (Lipinski definition) is 4. The predicted octanol–water partition coefficient (Wildman–Crippen LogP) is 0.00810. The standard InChI is InChI=1S/C10H20N2O4/c1-7(8(14)11-5-6-13)12-9(15)16-10(2,3)4/h7,13H,5-6H2,1-4H3,(H,11,14)(H,12,15)/t7-/m0/s1. The van der Waals surface area contributed by atoms with E-state index in [1.807, 2.05) is 0 Å². The van der Waals surface area contributed by atoms with E-state index >= 15 is 0 Å². The lowest BCUT2D eigenvalue weighted by Gasteiger charge is -2.21. The molecule has 0 aromatic heterocycles. The number of aliphatic hydroxyl groups is 1. The Morgan fingerprint density at radius 2 is 1.94 bits per heavy atom. The molecule has 0 rings (SSSR count). The number of carbonyl (C=O) groups is 2. The molecule has 0 aliphatic carbocycles. The summed E-state index contributed by atoms with van der Waals surface area (Å²) < 4.78 is 4.98. The van der Waals surface area contributed by atoms with Crippen LogP contribution in [0.4, 0.5) is 4.79 Å². The van der Waals surface area contributed by atoms with Gasteiger partial charge in [0.15, 0.2) is 0 Å². The average Bonchev–Trinajstić information content (AvgIpc) is 2.10. The van der Waals surface area contributed by atoms with E-state index in [2.05, 4.69) is 10.6 Å². The lowest BCUT2D eigenvalue weighted by molar-refractivity contribution is -0.122. The molecule has 0 unspecified atom stereocenters. The largest absolute Gasteiger partial charge is 0.444 e. The number of rotatable bonds is 4. The first-order valence-corrected chi connectivity index (χ1v) is 5.14. The lowest BCUT2D eigenvalue weighted by Crippen LogP contribution is -2.47. The fourth-order valence-electron chi connectivity index (χ4n) is 0.882. The molecule has 94 valence electrons. The number of ether oxygens (including phenoxy) is 1. The molecule has 0 aliphatic heterocycles. The van der Waals surface area contributed by atoms with Gasteiger partial charge in [-0.3, -0.25) is 4.79 Å². The van der Waals surface area contributed by atoms with Gasteiger partial charge in [0.1, 0.15) is 11.6 Å². The Hall–Kier alpha value is -1.30. The van der Waals surface area contributed by atoms with E-state index in [0.29, 0.717) is 0 Å². The molecule has 6 heteroatoms. The van der Waals surface area contributed by atoms with Crippen molar-refractivity contribution in [1.82, 2.24) is 10.6 Å². The quantitative estimate of drug-likeness (QED) is 0.637. The van der Waals surface area contributed by atoms with Crippen LogP contribution >= 0.6 is 0 Å². The van der Waals surface area contributed by atoms with Crippen LogP contribution in [0.3, 0.4) is 0 Å². The van der Waals surface area contributed by atoms with E-state index in [0.717, 1.165) is 0 Å². The fraction of sp³-hybridized carbons (Fsp3) is 0.800. The highest BCUT2D eigenvalue weighted by molar-refractivity contribution is 5.85. The minimum absolute atomic E-state index is 0.134. The van der Waals surface area contributed by atoms with Gasteiger partial charge in [0.25, 0.3) is 0 Å². The van der Waals surface area contributed by atoms with Crippen molar-refractivity contribution < 1.29 is 19.4 Å². The summed E-state index contributed by atoms with van der Waals surface area (Å²) in [5.74, 6) is -0.361. The summed E-state index contributed by atoms with van der Waals surface area (Å²) in [5.41, 5.74) is -0.592. The van der Waals surface area contributed by atoms with Crippen molar-refractivity contribution in [2.75, 3.05) is 13.2 Å². The summed E-state index contributed by atoms with van der Waals surface area (Å²) in [6.45, 7) is 6.79. The van der Waals surface area contributed by atoms with Crippen LogP contribution in [0.15, 0.2) is 0 Å². The maximum Gasteiger partial charge on any atom is 0.408 e. The van der Waals surface area contributed by atoms with Gasteiger partial charge in [-0.15, -0.1) is 0 Å². The molecule has 3 N–H and O–H groups in total. The first-order chi connectivity index (χ1) is 7.26. The van der Waals surface area contributed by atoms with E-state index in [1.54, 1.807) is 20.8 Å². The third-order valence-electron chi connectivity index (χ3n) is 1.54. The third kappa shape index (κ3) is 7.05. The predicted molar refractivity (Wildman–Crippen MR) is 58.9 cm³/mol. The normalized spacial score (nSPS) is 12.8. The van der Waals surface area contributed by atoms with Crippen LogP contribution in [0.25, 0.3) is 0 Å². The summed E-state index contributed by atoms with van der Waals surface area (Å²) >= 11 is 0. The van der Waals surface area contributed by atoms with Crippen molar-refractivity contribution in [2.24, 2.45) is 0 Å². The van der Waals surface area contributed by atoms with Crippen LogP contribution in [-0.2, 0) is 9.53 Å². The van der Waals surface area contributed by atoms with E-state index in [4.69, 9.17) is 9.84 Å². The molecule has 0 saturated carbocycles. The summed E-state index contributed by atoms with van der Waals surface area (Å²) in [6, 6.07) is -0.693. The Morgan fingerprint density at radius 1 is 1.38 bits per heavy atom. The van der Waals surface area contributed by atoms with Crippen LogP contribution in [0.5, 0.6) is 0 Å². The molecule has 0 aromatic carbocycles. The molecular formula is C10H20N2O4. The molecule has 6 nitrogen and oxygen atoms in total. The lowest BCUT2D eigenvalue weighted by atomic mass is 10.2. The molecule has 2 amide bonds. The molecule has 0 bridgehead atoms. The Kier molecular flexibility index (Phi) is 5.81. The average molecular weight is 232 g/mol. The van der Waals surface area contributed by atoms with Crippen molar-refractivity contribution in [3.8, 4) is 0 Å². The van der Waals surface area contributed by atoms with Crippen LogP contribution in [-0.4, -0.2) is 41.9 Å². The highest BCUT2D eigenvalue weighted by Crippen LogP contribution is 2.06. The molecule has 0 saturated heterocycles. The SMILES string of the molecule is C[C@H](NC(=O)OC(C)(C)C)C(=O)NCCO. The Bertz CT molecular complexity index is 248. The second kappa shape index (κ2) is 6.32. The number of carbonyl (C=O) groups excluding carboxylic acids is 2. The van der Waals surface area contributed by atoms with Crippen molar-refractivity contribution in [3.05, 3.63) is 0 Å². The highest BCUT2D eigenvalue weighted by atomic mass is 16.6. The van der Waals surface area contributed by atoms with Crippen LogP contribution in [0.2, 0.25) is 0 Å². The maximum atomic E-state index is 11.3. The van der Waals surface area contributed by atoms with Gasteiger partial charge >= 0.3 is 6.09 Å². The number of amides is 2. The van der Waals surface area contributed by atoms with Crippen molar-refractivity contribution in [2.45, 2.75) is 39.3 Å². The monoisotopic (exact) mass is 232 g/mol. The number of alkyl carbamates (subject to hydrolysis) is 1. The minimum atomic E-state index is -0.693. The first kappa shape index (κ1) is 14.7. The van der Waals surface area contributed by atoms with Gasteiger partial charge in [-0.2, -0.15) is 0 Å². The minimum Gasteiger partial charge on any atom is -0.444 e. The van der Waals surface area contributed by atoms with Gasteiger partial charge < -0.3 is 20.5 Å². The molecule has 0 radical (unpaired) electrons. The molecular weight excluding hydrogens is 212 g/mol. The zero-order valence-corrected chi connectivity index (χ0v) is 10.2. The Morgan fingerprint density at radius 3 is 2.38 bits per heavy atom. The number of hydrogen-bond donors (Lipinski definition) is 3.